The molecule has 1 amide bonds. The van der Waals surface area contributed by atoms with E-state index < -0.39 is 5.92 Å². The second kappa shape index (κ2) is 8.98. The van der Waals surface area contributed by atoms with Crippen molar-refractivity contribution in [2.24, 2.45) is 0 Å². The molecule has 1 saturated heterocycles. The number of para-hydroxylation sites is 2. The Morgan fingerprint density at radius 3 is 2.54 bits per heavy atom. The van der Waals surface area contributed by atoms with Crippen LogP contribution in [0.1, 0.15) is 45.2 Å². The minimum atomic E-state index is -1.00. The van der Waals surface area contributed by atoms with E-state index >= 15 is 0 Å². The van der Waals surface area contributed by atoms with Crippen LogP contribution in [0.5, 0.6) is 0 Å². The van der Waals surface area contributed by atoms with Crippen molar-refractivity contribution in [3.05, 3.63) is 30.0 Å². The van der Waals surface area contributed by atoms with Crippen LogP contribution in [0.3, 0.4) is 0 Å². The fraction of sp³-hybridized carbons (Fsp3) is 0.524. The molecule has 3 atom stereocenters. The molecule has 2 heterocycles. The van der Waals surface area contributed by atoms with Crippen molar-refractivity contribution in [2.75, 3.05) is 24.5 Å². The number of unbranched alkanes of at least 4 members (excludes halogenated alkanes) is 1. The first-order valence-electron chi connectivity index (χ1n) is 9.87. The average molecular weight is 381 g/mol. The van der Waals surface area contributed by atoms with Crippen LogP contribution in [0.2, 0.25) is 0 Å². The van der Waals surface area contributed by atoms with Gasteiger partial charge in [-0.2, -0.15) is 5.26 Å². The monoisotopic (exact) mass is 381 g/mol. The molecule has 7 heteroatoms. The van der Waals surface area contributed by atoms with Gasteiger partial charge in [0.05, 0.1) is 29.3 Å². The standard InChI is InChI=1S/C21H27N5O2/c1-4-5-10-23-21(27)16(11-22)19-20(26-12-14(2)28-15(3)13-26)25-18-9-7-6-8-17(18)24-19/h6-9,14-16H,4-5,10,12-13H2,1-3H3,(H,23,27). The SMILES string of the molecule is CCCCNC(=O)C(C#N)c1nc2ccccc2nc1N1CC(C)OC(C)C1. The molecule has 1 N–H and O–H groups in total. The molecule has 0 bridgehead atoms. The van der Waals surface area contributed by atoms with E-state index in [4.69, 9.17) is 14.7 Å². The van der Waals surface area contributed by atoms with Crippen LogP contribution < -0.4 is 10.2 Å². The van der Waals surface area contributed by atoms with Gasteiger partial charge >= 0.3 is 0 Å². The Balaban J connectivity index is 2.03. The van der Waals surface area contributed by atoms with Crippen LogP contribution in [0.4, 0.5) is 5.82 Å². The summed E-state index contributed by atoms with van der Waals surface area (Å²) in [6.07, 6.45) is 1.91. The normalized spacial score (nSPS) is 20.6. The van der Waals surface area contributed by atoms with Gasteiger partial charge in [0.25, 0.3) is 0 Å². The summed E-state index contributed by atoms with van der Waals surface area (Å²) in [4.78, 5) is 24.3. The lowest BCUT2D eigenvalue weighted by Gasteiger charge is -2.37. The summed E-state index contributed by atoms with van der Waals surface area (Å²) < 4.78 is 5.83. The maximum atomic E-state index is 12.7. The molecule has 0 saturated carbocycles. The van der Waals surface area contributed by atoms with Gasteiger partial charge in [-0.1, -0.05) is 25.5 Å². The number of morpholine rings is 1. The fourth-order valence-electron chi connectivity index (χ4n) is 3.52. The largest absolute Gasteiger partial charge is 0.372 e. The number of hydrogen-bond donors (Lipinski definition) is 1. The Morgan fingerprint density at radius 2 is 1.93 bits per heavy atom. The number of hydrogen-bond acceptors (Lipinski definition) is 6. The highest BCUT2D eigenvalue weighted by molar-refractivity contribution is 5.88. The van der Waals surface area contributed by atoms with E-state index in [2.05, 4.69) is 23.2 Å². The molecule has 1 aromatic carbocycles. The zero-order chi connectivity index (χ0) is 20.1. The number of aromatic nitrogens is 2. The topological polar surface area (TPSA) is 91.1 Å². The van der Waals surface area contributed by atoms with Crippen molar-refractivity contribution >= 4 is 22.8 Å². The highest BCUT2D eigenvalue weighted by atomic mass is 16.5. The number of rotatable bonds is 6. The molecule has 7 nitrogen and oxygen atoms in total. The second-order valence-corrected chi connectivity index (χ2v) is 7.29. The molecule has 28 heavy (non-hydrogen) atoms. The highest BCUT2D eigenvalue weighted by Gasteiger charge is 2.31. The number of amides is 1. The molecule has 1 aromatic heterocycles. The van der Waals surface area contributed by atoms with Gasteiger partial charge in [-0.15, -0.1) is 0 Å². The molecule has 1 aliphatic heterocycles. The molecule has 2 aromatic rings. The number of carbonyl (C=O) groups is 1. The van der Waals surface area contributed by atoms with Gasteiger partial charge in [-0.05, 0) is 32.4 Å². The van der Waals surface area contributed by atoms with E-state index in [0.29, 0.717) is 36.7 Å². The van der Waals surface area contributed by atoms with Crippen molar-refractivity contribution in [2.45, 2.75) is 51.7 Å². The minimum absolute atomic E-state index is 0.0313. The van der Waals surface area contributed by atoms with Gasteiger partial charge in [0.1, 0.15) is 5.69 Å². The molecule has 1 aliphatic rings. The van der Waals surface area contributed by atoms with Gasteiger partial charge in [0.15, 0.2) is 11.7 Å². The van der Waals surface area contributed by atoms with Crippen LogP contribution in [0, 0.1) is 11.3 Å². The molecule has 0 radical (unpaired) electrons. The molecule has 3 unspecified atom stereocenters. The van der Waals surface area contributed by atoms with Gasteiger partial charge in [0.2, 0.25) is 5.91 Å². The third-order valence-electron chi connectivity index (χ3n) is 4.79. The molecular weight excluding hydrogens is 354 g/mol. The summed E-state index contributed by atoms with van der Waals surface area (Å²) in [7, 11) is 0. The summed E-state index contributed by atoms with van der Waals surface area (Å²) in [5.41, 5.74) is 1.84. The number of nitrogens with one attached hydrogen (secondary N) is 1. The lowest BCUT2D eigenvalue weighted by Crippen LogP contribution is -2.46. The van der Waals surface area contributed by atoms with Crippen molar-refractivity contribution in [1.82, 2.24) is 15.3 Å². The second-order valence-electron chi connectivity index (χ2n) is 7.29. The average Bonchev–Trinajstić information content (AvgIpc) is 2.67. The van der Waals surface area contributed by atoms with Crippen molar-refractivity contribution in [3.63, 3.8) is 0 Å². The molecule has 3 rings (SSSR count). The maximum absolute atomic E-state index is 12.7. The summed E-state index contributed by atoms with van der Waals surface area (Å²) in [6.45, 7) is 7.91. The van der Waals surface area contributed by atoms with E-state index in [1.165, 1.54) is 0 Å². The summed E-state index contributed by atoms with van der Waals surface area (Å²) in [5, 5.41) is 12.6. The number of carbonyl (C=O) groups excluding carboxylic acids is 1. The molecular formula is C21H27N5O2. The zero-order valence-corrected chi connectivity index (χ0v) is 16.7. The molecule has 1 fully saturated rings. The third kappa shape index (κ3) is 4.39. The number of benzene rings is 1. The van der Waals surface area contributed by atoms with Gasteiger partial charge < -0.3 is 15.0 Å². The van der Waals surface area contributed by atoms with E-state index in [-0.39, 0.29) is 18.1 Å². The maximum Gasteiger partial charge on any atom is 0.243 e. The van der Waals surface area contributed by atoms with Gasteiger partial charge in [0, 0.05) is 19.6 Å². The summed E-state index contributed by atoms with van der Waals surface area (Å²) >= 11 is 0. The minimum Gasteiger partial charge on any atom is -0.372 e. The van der Waals surface area contributed by atoms with E-state index in [0.717, 1.165) is 18.4 Å². The third-order valence-corrected chi connectivity index (χ3v) is 4.79. The van der Waals surface area contributed by atoms with Gasteiger partial charge in [-0.25, -0.2) is 9.97 Å². The fourth-order valence-corrected chi connectivity index (χ4v) is 3.52. The summed E-state index contributed by atoms with van der Waals surface area (Å²) in [5.74, 6) is -0.730. The number of nitrogens with zero attached hydrogens (tertiary/aromatic N) is 4. The first kappa shape index (κ1) is 20.0. The van der Waals surface area contributed by atoms with Crippen LogP contribution in [-0.4, -0.2) is 47.7 Å². The number of fused-ring (bicyclic) bond motifs is 1. The first-order chi connectivity index (χ1) is 13.5. The Kier molecular flexibility index (Phi) is 6.42. The zero-order valence-electron chi connectivity index (χ0n) is 16.7. The molecule has 0 spiro atoms. The Bertz CT molecular complexity index is 869. The lowest BCUT2D eigenvalue weighted by atomic mass is 10.0. The quantitative estimate of drug-likeness (QED) is 0.774. The Morgan fingerprint density at radius 1 is 1.29 bits per heavy atom. The predicted molar refractivity (Wildman–Crippen MR) is 108 cm³/mol. The summed E-state index contributed by atoms with van der Waals surface area (Å²) in [6, 6.07) is 9.67. The van der Waals surface area contributed by atoms with Crippen LogP contribution in [0.25, 0.3) is 11.0 Å². The molecule has 0 aliphatic carbocycles. The number of ether oxygens (including phenoxy) is 1. The van der Waals surface area contributed by atoms with Crippen molar-refractivity contribution < 1.29 is 9.53 Å². The van der Waals surface area contributed by atoms with E-state index in [1.807, 2.05) is 38.1 Å². The predicted octanol–water partition coefficient (Wildman–Crippen LogP) is 2.77. The van der Waals surface area contributed by atoms with Gasteiger partial charge in [-0.3, -0.25) is 4.79 Å². The Labute approximate surface area is 165 Å². The van der Waals surface area contributed by atoms with Crippen LogP contribution in [-0.2, 0) is 9.53 Å². The Hall–Kier alpha value is -2.72. The van der Waals surface area contributed by atoms with Crippen molar-refractivity contribution in [3.8, 4) is 6.07 Å². The highest BCUT2D eigenvalue weighted by Crippen LogP contribution is 2.29. The van der Waals surface area contributed by atoms with Crippen LogP contribution >= 0.6 is 0 Å². The number of nitriles is 1. The first-order valence-corrected chi connectivity index (χ1v) is 9.87. The van der Waals surface area contributed by atoms with Crippen LogP contribution in [0.15, 0.2) is 24.3 Å². The van der Waals surface area contributed by atoms with E-state index in [9.17, 15) is 10.1 Å². The lowest BCUT2D eigenvalue weighted by molar-refractivity contribution is -0.121. The van der Waals surface area contributed by atoms with E-state index in [1.54, 1.807) is 0 Å². The number of anilines is 1. The smallest absolute Gasteiger partial charge is 0.243 e. The molecule has 148 valence electrons. The van der Waals surface area contributed by atoms with Crippen molar-refractivity contribution in [1.29, 1.82) is 5.26 Å².